The molecule has 0 saturated heterocycles. The topological polar surface area (TPSA) is 85.3 Å². The van der Waals surface area contributed by atoms with Gasteiger partial charge < -0.3 is 15.4 Å². The second-order valence-electron chi connectivity index (χ2n) is 7.08. The Morgan fingerprint density at radius 2 is 1.70 bits per heavy atom. The molecule has 0 saturated carbocycles. The van der Waals surface area contributed by atoms with Gasteiger partial charge in [0.2, 0.25) is 5.91 Å². The summed E-state index contributed by atoms with van der Waals surface area (Å²) in [7, 11) is 0. The highest BCUT2D eigenvalue weighted by Gasteiger charge is 2.16. The van der Waals surface area contributed by atoms with Crippen LogP contribution in [0.5, 0.6) is 5.75 Å². The largest absolute Gasteiger partial charge is 0.491 e. The highest BCUT2D eigenvalue weighted by molar-refractivity contribution is 6.31. The number of benzene rings is 2. The molecule has 0 aliphatic heterocycles. The molecular formula is C22H23ClN4O3. The van der Waals surface area contributed by atoms with Crippen LogP contribution in [0.1, 0.15) is 36.8 Å². The van der Waals surface area contributed by atoms with Crippen molar-refractivity contribution >= 4 is 34.8 Å². The molecule has 0 unspecified atom stereocenters. The van der Waals surface area contributed by atoms with Crippen molar-refractivity contribution in [1.82, 2.24) is 9.78 Å². The molecule has 1 heterocycles. The van der Waals surface area contributed by atoms with Gasteiger partial charge in [0.05, 0.1) is 29.2 Å². The monoisotopic (exact) mass is 426 g/mol. The van der Waals surface area contributed by atoms with E-state index in [4.69, 9.17) is 16.3 Å². The number of carbonyl (C=O) groups is 2. The van der Waals surface area contributed by atoms with E-state index in [-0.39, 0.29) is 17.9 Å². The maximum atomic E-state index is 12.8. The summed E-state index contributed by atoms with van der Waals surface area (Å²) in [4.78, 5) is 24.1. The number of anilines is 2. The normalized spacial score (nSPS) is 10.7. The third-order valence-corrected chi connectivity index (χ3v) is 4.40. The highest BCUT2D eigenvalue weighted by atomic mass is 35.5. The number of halogens is 1. The number of ether oxygens (including phenoxy) is 1. The summed E-state index contributed by atoms with van der Waals surface area (Å²) in [5.74, 6) is 0.221. The number of aromatic nitrogens is 2. The van der Waals surface area contributed by atoms with Gasteiger partial charge in [-0.25, -0.2) is 4.68 Å². The minimum Gasteiger partial charge on any atom is -0.491 e. The summed E-state index contributed by atoms with van der Waals surface area (Å²) in [6.45, 7) is 7.16. The van der Waals surface area contributed by atoms with E-state index >= 15 is 0 Å². The zero-order valence-electron chi connectivity index (χ0n) is 17.2. The van der Waals surface area contributed by atoms with Gasteiger partial charge in [0, 0.05) is 23.3 Å². The van der Waals surface area contributed by atoms with Gasteiger partial charge >= 0.3 is 0 Å². The Balaban J connectivity index is 1.79. The van der Waals surface area contributed by atoms with Gasteiger partial charge in [-0.2, -0.15) is 5.10 Å². The van der Waals surface area contributed by atoms with E-state index in [0.717, 1.165) is 11.4 Å². The average Bonchev–Trinajstić information content (AvgIpc) is 3.02. The smallest absolute Gasteiger partial charge is 0.259 e. The van der Waals surface area contributed by atoms with Crippen LogP contribution in [0.15, 0.2) is 48.7 Å². The number of rotatable bonds is 6. The van der Waals surface area contributed by atoms with Crippen LogP contribution in [0, 0.1) is 6.92 Å². The molecule has 1 aromatic heterocycles. The van der Waals surface area contributed by atoms with E-state index < -0.39 is 0 Å². The Kier molecular flexibility index (Phi) is 6.42. The summed E-state index contributed by atoms with van der Waals surface area (Å²) in [6.07, 6.45) is 1.61. The van der Waals surface area contributed by atoms with Gasteiger partial charge in [-0.05, 0) is 63.2 Å². The van der Waals surface area contributed by atoms with Gasteiger partial charge in [0.15, 0.2) is 0 Å². The molecule has 3 rings (SSSR count). The quantitative estimate of drug-likeness (QED) is 0.591. The van der Waals surface area contributed by atoms with E-state index in [1.807, 2.05) is 45.0 Å². The van der Waals surface area contributed by atoms with Crippen LogP contribution in [0.3, 0.4) is 0 Å². The summed E-state index contributed by atoms with van der Waals surface area (Å²) >= 11 is 6.09. The van der Waals surface area contributed by atoms with Crippen LogP contribution in [-0.2, 0) is 4.79 Å². The zero-order valence-corrected chi connectivity index (χ0v) is 17.9. The zero-order chi connectivity index (χ0) is 21.8. The van der Waals surface area contributed by atoms with Crippen LogP contribution in [-0.4, -0.2) is 27.7 Å². The van der Waals surface area contributed by atoms with Crippen molar-refractivity contribution in [3.05, 3.63) is 64.9 Å². The predicted molar refractivity (Wildman–Crippen MR) is 118 cm³/mol. The van der Waals surface area contributed by atoms with Gasteiger partial charge in [0.1, 0.15) is 5.75 Å². The molecule has 7 nitrogen and oxygen atoms in total. The number of nitrogens with zero attached hydrogens (tertiary/aromatic N) is 2. The van der Waals surface area contributed by atoms with Crippen LogP contribution in [0.2, 0.25) is 5.02 Å². The lowest BCUT2D eigenvalue weighted by molar-refractivity contribution is -0.114. The van der Waals surface area contributed by atoms with Gasteiger partial charge in [-0.3, -0.25) is 9.59 Å². The van der Waals surface area contributed by atoms with Crippen LogP contribution < -0.4 is 15.4 Å². The molecule has 3 aromatic rings. The van der Waals surface area contributed by atoms with E-state index in [2.05, 4.69) is 15.7 Å². The fourth-order valence-electron chi connectivity index (χ4n) is 2.97. The van der Waals surface area contributed by atoms with Gasteiger partial charge in [0.25, 0.3) is 5.91 Å². The van der Waals surface area contributed by atoms with Crippen molar-refractivity contribution < 1.29 is 14.3 Å². The average molecular weight is 427 g/mol. The van der Waals surface area contributed by atoms with Crippen molar-refractivity contribution in [2.75, 3.05) is 10.6 Å². The molecule has 0 fully saturated rings. The highest BCUT2D eigenvalue weighted by Crippen LogP contribution is 2.24. The van der Waals surface area contributed by atoms with Crippen molar-refractivity contribution in [3.8, 4) is 11.4 Å². The molecule has 0 radical (unpaired) electrons. The lowest BCUT2D eigenvalue weighted by Crippen LogP contribution is -2.14. The van der Waals surface area contributed by atoms with Crippen molar-refractivity contribution in [2.45, 2.75) is 33.8 Å². The third kappa shape index (κ3) is 5.18. The number of nitrogens with one attached hydrogen (secondary N) is 2. The molecule has 2 N–H and O–H groups in total. The standard InChI is InChI=1S/C22H23ClN4O3/c1-13(2)30-20-7-5-19(6-8-20)27-14(3)21(12-24-27)22(29)26-18-10-16(23)9-17(11-18)25-15(4)28/h5-13H,1-4H3,(H,25,28)(H,26,29). The Bertz CT molecular complexity index is 1070. The minimum absolute atomic E-state index is 0.0928. The SMILES string of the molecule is CC(=O)Nc1cc(Cl)cc(NC(=O)c2cnn(-c3ccc(OC(C)C)cc3)c2C)c1. The first kappa shape index (κ1) is 21.4. The molecular weight excluding hydrogens is 404 g/mol. The van der Waals surface area contributed by atoms with E-state index in [9.17, 15) is 9.59 Å². The first-order valence-electron chi connectivity index (χ1n) is 9.44. The minimum atomic E-state index is -0.324. The molecule has 2 aromatic carbocycles. The van der Waals surface area contributed by atoms with Crippen molar-refractivity contribution in [3.63, 3.8) is 0 Å². The number of hydrogen-bond acceptors (Lipinski definition) is 4. The molecule has 8 heteroatoms. The van der Waals surface area contributed by atoms with E-state index in [1.54, 1.807) is 22.9 Å². The van der Waals surface area contributed by atoms with Gasteiger partial charge in [-0.15, -0.1) is 0 Å². The molecule has 0 atom stereocenters. The first-order chi connectivity index (χ1) is 14.2. The van der Waals surface area contributed by atoms with Crippen molar-refractivity contribution in [2.24, 2.45) is 0 Å². The number of amides is 2. The van der Waals surface area contributed by atoms with Crippen molar-refractivity contribution in [1.29, 1.82) is 0 Å². The summed E-state index contributed by atoms with van der Waals surface area (Å²) in [6, 6.07) is 12.4. The Labute approximate surface area is 180 Å². The summed E-state index contributed by atoms with van der Waals surface area (Å²) < 4.78 is 7.35. The lowest BCUT2D eigenvalue weighted by Gasteiger charge is -2.11. The molecule has 0 bridgehead atoms. The fourth-order valence-corrected chi connectivity index (χ4v) is 3.20. The summed E-state index contributed by atoms with van der Waals surface area (Å²) in [5, 5.41) is 10.2. The number of carbonyl (C=O) groups excluding carboxylic acids is 2. The molecule has 30 heavy (non-hydrogen) atoms. The number of hydrogen-bond donors (Lipinski definition) is 2. The lowest BCUT2D eigenvalue weighted by atomic mass is 10.2. The summed E-state index contributed by atoms with van der Waals surface area (Å²) in [5.41, 5.74) is 2.91. The van der Waals surface area contributed by atoms with Gasteiger partial charge in [-0.1, -0.05) is 11.6 Å². The maximum absolute atomic E-state index is 12.8. The molecule has 0 spiro atoms. The fraction of sp³-hybridized carbons (Fsp3) is 0.227. The molecule has 2 amide bonds. The van der Waals surface area contributed by atoms with E-state index in [0.29, 0.717) is 27.7 Å². The first-order valence-corrected chi connectivity index (χ1v) is 9.82. The second kappa shape index (κ2) is 9.00. The predicted octanol–water partition coefficient (Wildman–Crippen LogP) is 4.83. The van der Waals surface area contributed by atoms with Crippen LogP contribution in [0.4, 0.5) is 11.4 Å². The molecule has 0 aliphatic carbocycles. The Hall–Kier alpha value is -3.32. The maximum Gasteiger partial charge on any atom is 0.259 e. The Morgan fingerprint density at radius 1 is 1.07 bits per heavy atom. The molecule has 156 valence electrons. The second-order valence-corrected chi connectivity index (χ2v) is 7.52. The van der Waals surface area contributed by atoms with Crippen LogP contribution in [0.25, 0.3) is 5.69 Å². The van der Waals surface area contributed by atoms with Crippen LogP contribution >= 0.6 is 11.6 Å². The van der Waals surface area contributed by atoms with E-state index in [1.165, 1.54) is 13.1 Å². The molecule has 0 aliphatic rings. The third-order valence-electron chi connectivity index (χ3n) is 4.18. The Morgan fingerprint density at radius 3 is 2.30 bits per heavy atom.